The predicted molar refractivity (Wildman–Crippen MR) is 67.2 cm³/mol. The number of rotatable bonds is 5. The molecule has 0 unspecified atom stereocenters. The van der Waals surface area contributed by atoms with Crippen molar-refractivity contribution in [3.8, 4) is 5.75 Å². The Kier molecular flexibility index (Phi) is 4.69. The van der Waals surface area contributed by atoms with Gasteiger partial charge in [-0.3, -0.25) is 4.79 Å². The van der Waals surface area contributed by atoms with Crippen molar-refractivity contribution in [3.63, 3.8) is 0 Å². The number of amides is 1. The molecule has 1 aromatic rings. The first-order chi connectivity index (χ1) is 8.46. The number of nitrogens with one attached hydrogen (secondary N) is 2. The number of hydrogen-bond donors (Lipinski definition) is 2. The van der Waals surface area contributed by atoms with Gasteiger partial charge in [-0.15, -0.1) is 0 Å². The molecule has 0 saturated carbocycles. The number of ether oxygens (including phenoxy) is 1. The first-order valence-electron chi connectivity index (χ1n) is 5.36. The largest absolute Gasteiger partial charge is 0.495 e. The molecule has 0 bridgehead atoms. The molecule has 0 atom stereocenters. The van der Waals surface area contributed by atoms with E-state index >= 15 is 0 Å². The summed E-state index contributed by atoms with van der Waals surface area (Å²) in [6.45, 7) is 2.26. The minimum atomic E-state index is -3.67. The molecule has 0 aliphatic carbocycles. The number of methoxy groups -OCH3 is 1. The third-order valence-corrected chi connectivity index (χ3v) is 3.76. The Labute approximate surface area is 106 Å². The Morgan fingerprint density at radius 1 is 1.39 bits per heavy atom. The zero-order valence-corrected chi connectivity index (χ0v) is 11.3. The molecular weight excluding hydrogens is 256 g/mol. The lowest BCUT2D eigenvalue weighted by Gasteiger charge is -2.10. The molecule has 0 heterocycles. The summed E-state index contributed by atoms with van der Waals surface area (Å²) in [5.74, 6) is -0.134. The summed E-state index contributed by atoms with van der Waals surface area (Å²) >= 11 is 0. The SMILES string of the molecule is CCNC(=O)c1ccc(OC)c(S(=O)(=O)NC)c1. The Bertz CT molecular complexity index is 540. The maximum absolute atomic E-state index is 11.8. The van der Waals surface area contributed by atoms with Crippen LogP contribution in [0.4, 0.5) is 0 Å². The number of benzene rings is 1. The van der Waals surface area contributed by atoms with Gasteiger partial charge >= 0.3 is 0 Å². The molecule has 2 N–H and O–H groups in total. The van der Waals surface area contributed by atoms with E-state index in [0.29, 0.717) is 6.54 Å². The minimum absolute atomic E-state index is 0.0590. The summed E-state index contributed by atoms with van der Waals surface area (Å²) in [5.41, 5.74) is 0.270. The zero-order valence-electron chi connectivity index (χ0n) is 10.5. The van der Waals surface area contributed by atoms with Crippen LogP contribution in [0.25, 0.3) is 0 Å². The minimum Gasteiger partial charge on any atom is -0.495 e. The average molecular weight is 272 g/mol. The van der Waals surface area contributed by atoms with Crippen LogP contribution >= 0.6 is 0 Å². The highest BCUT2D eigenvalue weighted by Gasteiger charge is 2.19. The van der Waals surface area contributed by atoms with Crippen molar-refractivity contribution in [3.05, 3.63) is 23.8 Å². The van der Waals surface area contributed by atoms with Crippen molar-refractivity contribution >= 4 is 15.9 Å². The van der Waals surface area contributed by atoms with Gasteiger partial charge in [-0.25, -0.2) is 13.1 Å². The summed E-state index contributed by atoms with van der Waals surface area (Å²) in [7, 11) is -0.997. The van der Waals surface area contributed by atoms with E-state index in [1.807, 2.05) is 0 Å². The summed E-state index contributed by atoms with van der Waals surface area (Å²) in [6, 6.07) is 4.25. The fourth-order valence-electron chi connectivity index (χ4n) is 1.40. The van der Waals surface area contributed by atoms with Crippen LogP contribution in [-0.4, -0.2) is 35.0 Å². The lowest BCUT2D eigenvalue weighted by Crippen LogP contribution is -2.24. The van der Waals surface area contributed by atoms with E-state index in [1.54, 1.807) is 6.92 Å². The summed E-state index contributed by atoms with van der Waals surface area (Å²) in [6.07, 6.45) is 0. The van der Waals surface area contributed by atoms with Gasteiger partial charge in [-0.05, 0) is 32.2 Å². The first kappa shape index (κ1) is 14.5. The molecule has 100 valence electrons. The molecule has 1 amide bonds. The maximum Gasteiger partial charge on any atom is 0.251 e. The third-order valence-electron chi connectivity index (χ3n) is 2.32. The van der Waals surface area contributed by atoms with Crippen molar-refractivity contribution < 1.29 is 17.9 Å². The van der Waals surface area contributed by atoms with Gasteiger partial charge in [0.2, 0.25) is 10.0 Å². The third kappa shape index (κ3) is 2.99. The molecule has 0 radical (unpaired) electrons. The molecule has 0 saturated heterocycles. The summed E-state index contributed by atoms with van der Waals surface area (Å²) in [5, 5.41) is 2.60. The van der Waals surface area contributed by atoms with Crippen LogP contribution in [0.3, 0.4) is 0 Å². The van der Waals surface area contributed by atoms with Crippen LogP contribution in [0.15, 0.2) is 23.1 Å². The van der Waals surface area contributed by atoms with E-state index in [9.17, 15) is 13.2 Å². The maximum atomic E-state index is 11.8. The number of sulfonamides is 1. The van der Waals surface area contributed by atoms with Crippen LogP contribution in [-0.2, 0) is 10.0 Å². The van der Waals surface area contributed by atoms with E-state index < -0.39 is 10.0 Å². The molecule has 0 aliphatic rings. The molecule has 0 spiro atoms. The lowest BCUT2D eigenvalue weighted by atomic mass is 10.2. The van der Waals surface area contributed by atoms with Crippen LogP contribution in [0.1, 0.15) is 17.3 Å². The first-order valence-corrected chi connectivity index (χ1v) is 6.84. The van der Waals surface area contributed by atoms with Crippen LogP contribution in [0.2, 0.25) is 0 Å². The Morgan fingerprint density at radius 2 is 2.06 bits per heavy atom. The number of carbonyl (C=O) groups is 1. The van der Waals surface area contributed by atoms with Crippen molar-refractivity contribution in [2.24, 2.45) is 0 Å². The monoisotopic (exact) mass is 272 g/mol. The van der Waals surface area contributed by atoms with Crippen molar-refractivity contribution in [1.29, 1.82) is 0 Å². The predicted octanol–water partition coefficient (Wildman–Crippen LogP) is 0.353. The van der Waals surface area contributed by atoms with E-state index in [4.69, 9.17) is 4.74 Å². The second-order valence-corrected chi connectivity index (χ2v) is 5.29. The fourth-order valence-corrected chi connectivity index (χ4v) is 2.32. The van der Waals surface area contributed by atoms with Crippen molar-refractivity contribution in [1.82, 2.24) is 10.0 Å². The van der Waals surface area contributed by atoms with E-state index in [2.05, 4.69) is 10.0 Å². The highest BCUT2D eigenvalue weighted by atomic mass is 32.2. The molecule has 1 aromatic carbocycles. The second-order valence-electron chi connectivity index (χ2n) is 3.43. The Hall–Kier alpha value is -1.60. The Balaban J connectivity index is 3.31. The van der Waals surface area contributed by atoms with E-state index in [0.717, 1.165) is 0 Å². The zero-order chi connectivity index (χ0) is 13.8. The number of carbonyl (C=O) groups excluding carboxylic acids is 1. The Morgan fingerprint density at radius 3 is 2.56 bits per heavy atom. The normalized spacial score (nSPS) is 11.1. The number of hydrogen-bond acceptors (Lipinski definition) is 4. The van der Waals surface area contributed by atoms with Gasteiger partial charge in [0, 0.05) is 12.1 Å². The van der Waals surface area contributed by atoms with E-state index in [1.165, 1.54) is 32.4 Å². The quantitative estimate of drug-likeness (QED) is 0.810. The molecule has 6 nitrogen and oxygen atoms in total. The van der Waals surface area contributed by atoms with Gasteiger partial charge in [0.05, 0.1) is 7.11 Å². The van der Waals surface area contributed by atoms with Gasteiger partial charge in [0.25, 0.3) is 5.91 Å². The van der Waals surface area contributed by atoms with E-state index in [-0.39, 0.29) is 22.1 Å². The molecule has 0 aliphatic heterocycles. The van der Waals surface area contributed by atoms with Crippen LogP contribution in [0, 0.1) is 0 Å². The van der Waals surface area contributed by atoms with Crippen molar-refractivity contribution in [2.45, 2.75) is 11.8 Å². The van der Waals surface area contributed by atoms with Crippen LogP contribution in [0.5, 0.6) is 5.75 Å². The summed E-state index contributed by atoms with van der Waals surface area (Å²) < 4.78 is 30.7. The molecule has 0 aromatic heterocycles. The molecule has 1 rings (SSSR count). The van der Waals surface area contributed by atoms with Gasteiger partial charge in [-0.2, -0.15) is 0 Å². The molecule has 0 fully saturated rings. The summed E-state index contributed by atoms with van der Waals surface area (Å²) in [4.78, 5) is 11.6. The highest BCUT2D eigenvalue weighted by Crippen LogP contribution is 2.24. The average Bonchev–Trinajstić information content (AvgIpc) is 2.38. The molecule has 18 heavy (non-hydrogen) atoms. The van der Waals surface area contributed by atoms with Crippen LogP contribution < -0.4 is 14.8 Å². The molecular formula is C11H16N2O4S. The molecule has 7 heteroatoms. The van der Waals surface area contributed by atoms with Gasteiger partial charge in [-0.1, -0.05) is 0 Å². The smallest absolute Gasteiger partial charge is 0.251 e. The topological polar surface area (TPSA) is 84.5 Å². The highest BCUT2D eigenvalue weighted by molar-refractivity contribution is 7.89. The standard InChI is InChI=1S/C11H16N2O4S/c1-4-13-11(14)8-5-6-9(17-3)10(7-8)18(15,16)12-2/h5-7,12H,4H2,1-3H3,(H,13,14). The fraction of sp³-hybridized carbons (Fsp3) is 0.364. The van der Waals surface area contributed by atoms with Gasteiger partial charge in [0.1, 0.15) is 10.6 Å². The van der Waals surface area contributed by atoms with Gasteiger partial charge in [0.15, 0.2) is 0 Å². The van der Waals surface area contributed by atoms with Gasteiger partial charge < -0.3 is 10.1 Å². The van der Waals surface area contributed by atoms with Crippen molar-refractivity contribution in [2.75, 3.05) is 20.7 Å². The lowest BCUT2D eigenvalue weighted by molar-refractivity contribution is 0.0955. The second kappa shape index (κ2) is 5.83.